The molecular weight excluding hydrogens is 602 g/mol. The molecule has 10 heteroatoms. The maximum absolute atomic E-state index is 14.3. The fourth-order valence-electron chi connectivity index (χ4n) is 7.31. The molecule has 2 aromatic carbocycles. The Morgan fingerprint density at radius 1 is 0.854 bits per heavy atom. The van der Waals surface area contributed by atoms with E-state index >= 15 is 0 Å². The van der Waals surface area contributed by atoms with Crippen LogP contribution in [0.2, 0.25) is 0 Å². The summed E-state index contributed by atoms with van der Waals surface area (Å²) in [5.41, 5.74) is 4.27. The van der Waals surface area contributed by atoms with Crippen molar-refractivity contribution >= 4 is 28.9 Å². The van der Waals surface area contributed by atoms with Crippen molar-refractivity contribution in [2.45, 2.75) is 64.5 Å². The third-order valence-electron chi connectivity index (χ3n) is 9.96. The molecule has 0 unspecified atom stereocenters. The van der Waals surface area contributed by atoms with Crippen LogP contribution in [0, 0.1) is 0 Å². The number of nitrogens with zero attached hydrogens (tertiary/aromatic N) is 6. The lowest BCUT2D eigenvalue weighted by molar-refractivity contribution is 0.0970. The van der Waals surface area contributed by atoms with Gasteiger partial charge in [-0.2, -0.15) is 0 Å². The Hall–Kier alpha value is -4.54. The van der Waals surface area contributed by atoms with Crippen LogP contribution < -0.4 is 20.7 Å². The monoisotopic (exact) mass is 649 g/mol. The lowest BCUT2D eigenvalue weighted by atomic mass is 9.80. The van der Waals surface area contributed by atoms with Gasteiger partial charge in [0.2, 0.25) is 0 Å². The molecule has 252 valence electrons. The first-order valence-electron chi connectivity index (χ1n) is 17.2. The van der Waals surface area contributed by atoms with Crippen LogP contribution in [0.15, 0.2) is 71.7 Å². The van der Waals surface area contributed by atoms with E-state index in [1.807, 2.05) is 53.4 Å². The molecule has 10 nitrogen and oxygen atoms in total. The molecule has 4 aromatic rings. The molecule has 4 heterocycles. The Morgan fingerprint density at radius 2 is 1.56 bits per heavy atom. The number of benzene rings is 2. The Balaban J connectivity index is 1.38. The van der Waals surface area contributed by atoms with Gasteiger partial charge in [0.05, 0.1) is 17.8 Å². The minimum atomic E-state index is -0.506. The summed E-state index contributed by atoms with van der Waals surface area (Å²) in [7, 11) is 3.83. The summed E-state index contributed by atoms with van der Waals surface area (Å²) in [4.78, 5) is 34.1. The number of aliphatic hydroxyl groups excluding tert-OH is 1. The standard InChI is InChI=1S/C38H47N7O3/c1-5-7-18-38(19-8-6-2)31-14-10-9-12-29(31)36(47)45(38)33-15-11-13-28(30(33)26-46)27-24-32(37(48)43(4)25-27)39-34-16-17-35(41-40-34)44-22-20-42(3)21-23-44/h9-17,24-25,46H,5-8,18-23,26H2,1-4H3,(H,39,40). The highest BCUT2D eigenvalue weighted by molar-refractivity contribution is 6.12. The van der Waals surface area contributed by atoms with Gasteiger partial charge in [-0.1, -0.05) is 69.9 Å². The molecule has 1 fully saturated rings. The summed E-state index contributed by atoms with van der Waals surface area (Å²) >= 11 is 0. The number of piperazine rings is 1. The van der Waals surface area contributed by atoms with Crippen LogP contribution in [0.5, 0.6) is 0 Å². The lowest BCUT2D eigenvalue weighted by Gasteiger charge is -2.41. The third kappa shape index (κ3) is 6.22. The van der Waals surface area contributed by atoms with E-state index < -0.39 is 5.54 Å². The third-order valence-corrected chi connectivity index (χ3v) is 9.96. The quantitative estimate of drug-likeness (QED) is 0.191. The van der Waals surface area contributed by atoms with E-state index in [0.29, 0.717) is 22.8 Å². The van der Waals surface area contributed by atoms with Crippen LogP contribution in [0.3, 0.4) is 0 Å². The summed E-state index contributed by atoms with van der Waals surface area (Å²) in [5.74, 6) is 1.24. The van der Waals surface area contributed by atoms with Crippen molar-refractivity contribution in [1.29, 1.82) is 0 Å². The lowest BCUT2D eigenvalue weighted by Crippen LogP contribution is -2.44. The molecule has 0 atom stereocenters. The van der Waals surface area contributed by atoms with Crippen LogP contribution >= 0.6 is 0 Å². The molecule has 6 rings (SSSR count). The Labute approximate surface area is 283 Å². The highest BCUT2D eigenvalue weighted by Crippen LogP contribution is 2.50. The van der Waals surface area contributed by atoms with Crippen LogP contribution in [-0.4, -0.2) is 63.9 Å². The highest BCUT2D eigenvalue weighted by atomic mass is 16.3. The second kappa shape index (κ2) is 14.3. The number of amides is 1. The number of carbonyl (C=O) groups is 1. The van der Waals surface area contributed by atoms with Crippen LogP contribution in [0.1, 0.15) is 73.9 Å². The molecule has 0 saturated carbocycles. The van der Waals surface area contributed by atoms with Gasteiger partial charge in [-0.05, 0) is 61.3 Å². The molecule has 0 bridgehead atoms. The van der Waals surface area contributed by atoms with E-state index in [-0.39, 0.29) is 18.1 Å². The van der Waals surface area contributed by atoms with E-state index in [1.54, 1.807) is 19.3 Å². The maximum atomic E-state index is 14.3. The zero-order valence-electron chi connectivity index (χ0n) is 28.6. The minimum Gasteiger partial charge on any atom is -0.392 e. The number of rotatable bonds is 12. The van der Waals surface area contributed by atoms with Gasteiger partial charge in [0, 0.05) is 56.1 Å². The van der Waals surface area contributed by atoms with Gasteiger partial charge in [0.25, 0.3) is 11.5 Å². The van der Waals surface area contributed by atoms with Crippen molar-refractivity contribution in [3.05, 3.63) is 93.9 Å². The van der Waals surface area contributed by atoms with Crippen molar-refractivity contribution in [2.75, 3.05) is 48.3 Å². The predicted octanol–water partition coefficient (Wildman–Crippen LogP) is 6.07. The van der Waals surface area contributed by atoms with E-state index in [4.69, 9.17) is 0 Å². The van der Waals surface area contributed by atoms with Crippen molar-refractivity contribution in [1.82, 2.24) is 19.7 Å². The average Bonchev–Trinajstić information content (AvgIpc) is 3.35. The molecule has 0 radical (unpaired) electrons. The van der Waals surface area contributed by atoms with Gasteiger partial charge in [-0.3, -0.25) is 14.5 Å². The molecule has 2 aromatic heterocycles. The summed E-state index contributed by atoms with van der Waals surface area (Å²) < 4.78 is 1.53. The van der Waals surface area contributed by atoms with Gasteiger partial charge in [0.15, 0.2) is 11.6 Å². The summed E-state index contributed by atoms with van der Waals surface area (Å²) in [6.07, 6.45) is 7.43. The van der Waals surface area contributed by atoms with Gasteiger partial charge in [-0.15, -0.1) is 10.2 Å². The molecule has 2 N–H and O–H groups in total. The van der Waals surface area contributed by atoms with E-state index in [2.05, 4.69) is 52.3 Å². The summed E-state index contributed by atoms with van der Waals surface area (Å²) in [5, 5.41) is 23.0. The van der Waals surface area contributed by atoms with Crippen LogP contribution in [-0.2, 0) is 19.2 Å². The van der Waals surface area contributed by atoms with Crippen LogP contribution in [0.4, 0.5) is 23.0 Å². The molecule has 2 aliphatic heterocycles. The maximum Gasteiger partial charge on any atom is 0.274 e. The van der Waals surface area contributed by atoms with Gasteiger partial charge in [0.1, 0.15) is 5.69 Å². The number of carbonyl (C=O) groups excluding carboxylic acids is 1. The van der Waals surface area contributed by atoms with Gasteiger partial charge < -0.3 is 24.8 Å². The number of aryl methyl sites for hydroxylation is 1. The zero-order chi connectivity index (χ0) is 33.8. The Morgan fingerprint density at radius 3 is 2.23 bits per heavy atom. The fraction of sp³-hybridized carbons (Fsp3) is 0.421. The number of aromatic nitrogens is 3. The molecule has 1 amide bonds. The molecule has 0 spiro atoms. The van der Waals surface area contributed by atoms with Crippen molar-refractivity contribution in [3.63, 3.8) is 0 Å². The Bertz CT molecular complexity index is 1800. The summed E-state index contributed by atoms with van der Waals surface area (Å²) in [6, 6.07) is 19.4. The number of nitrogens with one attached hydrogen (secondary N) is 1. The molecule has 1 saturated heterocycles. The normalized spacial score (nSPS) is 16.0. The molecule has 48 heavy (non-hydrogen) atoms. The highest BCUT2D eigenvalue weighted by Gasteiger charge is 2.49. The summed E-state index contributed by atoms with van der Waals surface area (Å²) in [6.45, 7) is 7.81. The number of hydrogen-bond donors (Lipinski definition) is 2. The van der Waals surface area contributed by atoms with E-state index in [9.17, 15) is 14.7 Å². The first-order chi connectivity index (χ1) is 23.3. The van der Waals surface area contributed by atoms with Gasteiger partial charge in [-0.25, -0.2) is 0 Å². The Kier molecular flexibility index (Phi) is 9.93. The first kappa shape index (κ1) is 33.4. The first-order valence-corrected chi connectivity index (χ1v) is 17.2. The average molecular weight is 650 g/mol. The minimum absolute atomic E-state index is 0.0360. The van der Waals surface area contributed by atoms with E-state index in [1.165, 1.54) is 4.57 Å². The fourth-order valence-corrected chi connectivity index (χ4v) is 7.31. The van der Waals surface area contributed by atoms with Crippen molar-refractivity contribution in [3.8, 4) is 11.1 Å². The number of fused-ring (bicyclic) bond motifs is 1. The van der Waals surface area contributed by atoms with Crippen molar-refractivity contribution < 1.29 is 9.90 Å². The van der Waals surface area contributed by atoms with Gasteiger partial charge >= 0.3 is 0 Å². The number of likely N-dealkylation sites (N-methyl/N-ethyl adjacent to an activating group) is 1. The zero-order valence-corrected chi connectivity index (χ0v) is 28.6. The second-order valence-corrected chi connectivity index (χ2v) is 13.1. The smallest absolute Gasteiger partial charge is 0.274 e. The number of anilines is 4. The molecule has 2 aliphatic rings. The number of aliphatic hydroxyl groups is 1. The molecular formula is C38H47N7O3. The largest absolute Gasteiger partial charge is 0.392 e. The second-order valence-electron chi connectivity index (χ2n) is 13.1. The SMILES string of the molecule is CCCCC1(CCCC)c2ccccc2C(=O)N1c1cccc(-c2cc(Nc3ccc(N4CCN(C)CC4)nn3)c(=O)n(C)c2)c1CO. The topological polar surface area (TPSA) is 107 Å². The molecule has 0 aliphatic carbocycles. The number of hydrogen-bond acceptors (Lipinski definition) is 8. The predicted molar refractivity (Wildman–Crippen MR) is 192 cm³/mol. The number of pyridine rings is 1. The number of unbranched alkanes of at least 4 members (excludes halogenated alkanes) is 2. The van der Waals surface area contributed by atoms with Crippen LogP contribution in [0.25, 0.3) is 11.1 Å². The van der Waals surface area contributed by atoms with Crippen molar-refractivity contribution in [2.24, 2.45) is 7.05 Å². The van der Waals surface area contributed by atoms with E-state index in [0.717, 1.165) is 92.8 Å².